The van der Waals surface area contributed by atoms with E-state index in [9.17, 15) is 14.0 Å². The van der Waals surface area contributed by atoms with Gasteiger partial charge in [-0.3, -0.25) is 0 Å². The van der Waals surface area contributed by atoms with E-state index in [0.717, 1.165) is 5.57 Å². The van der Waals surface area contributed by atoms with Crippen LogP contribution in [0.3, 0.4) is 0 Å². The molecule has 2 aromatic carbocycles. The molecule has 0 aliphatic rings. The number of ether oxygens (including phenoxy) is 5. The summed E-state index contributed by atoms with van der Waals surface area (Å²) in [5.41, 5.74) is 2.46. The Morgan fingerprint density at radius 2 is 1.39 bits per heavy atom. The van der Waals surface area contributed by atoms with Crippen LogP contribution in [0.15, 0.2) is 72.9 Å². The number of hydrogen-bond donors (Lipinski definition) is 0. The SMILES string of the molecule is C=C(C)COCCOc1cc(OCCOC(=O)C(=C)C)cc(-c2ccc(OC(=O)C(=C)C)c(F)c2)c1. The molecule has 0 aliphatic carbocycles. The second-order valence-electron chi connectivity index (χ2n) is 8.13. The molecule has 8 heteroatoms. The van der Waals surface area contributed by atoms with Crippen LogP contribution in [0.4, 0.5) is 4.39 Å². The first kappa shape index (κ1) is 28.3. The minimum absolute atomic E-state index is 0.0261. The highest BCUT2D eigenvalue weighted by atomic mass is 19.1. The van der Waals surface area contributed by atoms with Gasteiger partial charge in [0.25, 0.3) is 0 Å². The van der Waals surface area contributed by atoms with Gasteiger partial charge in [0.05, 0.1) is 13.2 Å². The highest BCUT2D eigenvalue weighted by Gasteiger charge is 2.13. The largest absolute Gasteiger partial charge is 0.491 e. The van der Waals surface area contributed by atoms with Crippen LogP contribution in [0, 0.1) is 5.82 Å². The number of benzene rings is 2. The topological polar surface area (TPSA) is 80.3 Å². The number of rotatable bonds is 14. The van der Waals surface area contributed by atoms with E-state index in [0.29, 0.717) is 41.4 Å². The van der Waals surface area contributed by atoms with Crippen LogP contribution in [-0.4, -0.2) is 45.0 Å². The quantitative estimate of drug-likeness (QED) is 0.113. The standard InChI is InChI=1S/C28H31FO7/c1-18(2)17-32-9-10-33-23-13-22(14-24(16-23)34-11-12-35-27(30)19(3)4)21-7-8-26(25(29)15-21)36-28(31)20(5)6/h7-8,13-16H,1,3,5,9-12,17H2,2,4,6H3. The molecule has 0 unspecified atom stereocenters. The third kappa shape index (κ3) is 9.38. The van der Waals surface area contributed by atoms with Crippen LogP contribution in [-0.2, 0) is 19.1 Å². The van der Waals surface area contributed by atoms with Gasteiger partial charge in [0.1, 0.15) is 31.3 Å². The molecule has 7 nitrogen and oxygen atoms in total. The van der Waals surface area contributed by atoms with Gasteiger partial charge in [-0.15, -0.1) is 0 Å². The first-order chi connectivity index (χ1) is 17.1. The van der Waals surface area contributed by atoms with Gasteiger partial charge in [0.2, 0.25) is 0 Å². The van der Waals surface area contributed by atoms with Gasteiger partial charge in [-0.25, -0.2) is 14.0 Å². The maximum atomic E-state index is 14.7. The van der Waals surface area contributed by atoms with Crippen molar-refractivity contribution in [2.75, 3.05) is 33.0 Å². The van der Waals surface area contributed by atoms with Crippen molar-refractivity contribution < 1.29 is 37.7 Å². The smallest absolute Gasteiger partial charge is 0.338 e. The Morgan fingerprint density at radius 3 is 1.94 bits per heavy atom. The van der Waals surface area contributed by atoms with E-state index in [4.69, 9.17) is 23.7 Å². The zero-order valence-corrected chi connectivity index (χ0v) is 20.9. The fourth-order valence-corrected chi connectivity index (χ4v) is 2.74. The lowest BCUT2D eigenvalue weighted by atomic mass is 10.0. The molecule has 36 heavy (non-hydrogen) atoms. The van der Waals surface area contributed by atoms with Crippen molar-refractivity contribution in [3.05, 3.63) is 78.7 Å². The van der Waals surface area contributed by atoms with Gasteiger partial charge < -0.3 is 23.7 Å². The predicted molar refractivity (Wildman–Crippen MR) is 135 cm³/mol. The zero-order chi connectivity index (χ0) is 26.7. The predicted octanol–water partition coefficient (Wildman–Crippen LogP) is 5.44. The van der Waals surface area contributed by atoms with Crippen LogP contribution in [0.25, 0.3) is 11.1 Å². The number of halogens is 1. The third-order valence-corrected chi connectivity index (χ3v) is 4.47. The molecule has 192 valence electrons. The molecule has 0 amide bonds. The Bertz CT molecular complexity index is 1140. The van der Waals surface area contributed by atoms with Gasteiger partial charge in [0, 0.05) is 17.2 Å². The molecule has 0 aromatic heterocycles. The van der Waals surface area contributed by atoms with Crippen molar-refractivity contribution in [1.29, 1.82) is 0 Å². The molecule has 0 bridgehead atoms. The Balaban J connectivity index is 2.19. The van der Waals surface area contributed by atoms with Gasteiger partial charge in [-0.2, -0.15) is 0 Å². The molecule has 2 rings (SSSR count). The molecule has 0 fully saturated rings. The average Bonchev–Trinajstić information content (AvgIpc) is 2.82. The summed E-state index contributed by atoms with van der Waals surface area (Å²) in [7, 11) is 0. The second kappa shape index (κ2) is 13.8. The minimum Gasteiger partial charge on any atom is -0.491 e. The van der Waals surface area contributed by atoms with Crippen LogP contribution in [0.2, 0.25) is 0 Å². The Labute approximate surface area is 210 Å². The number of esters is 2. The summed E-state index contributed by atoms with van der Waals surface area (Å²) < 4.78 is 41.7. The van der Waals surface area contributed by atoms with Crippen molar-refractivity contribution in [2.24, 2.45) is 0 Å². The summed E-state index contributed by atoms with van der Waals surface area (Å²) in [6.07, 6.45) is 0. The lowest BCUT2D eigenvalue weighted by molar-refractivity contribution is -0.139. The third-order valence-electron chi connectivity index (χ3n) is 4.47. The van der Waals surface area contributed by atoms with Crippen LogP contribution < -0.4 is 14.2 Å². The zero-order valence-electron chi connectivity index (χ0n) is 20.9. The van der Waals surface area contributed by atoms with E-state index in [2.05, 4.69) is 19.7 Å². The number of carbonyl (C=O) groups is 2. The average molecular weight is 499 g/mol. The number of carbonyl (C=O) groups excluding carboxylic acids is 2. The van der Waals surface area contributed by atoms with Gasteiger partial charge >= 0.3 is 11.9 Å². The minimum atomic E-state index is -0.714. The molecule has 0 saturated carbocycles. The van der Waals surface area contributed by atoms with E-state index >= 15 is 0 Å². The maximum Gasteiger partial charge on any atom is 0.338 e. The molecule has 0 spiro atoms. The maximum absolute atomic E-state index is 14.7. The lowest BCUT2D eigenvalue weighted by Gasteiger charge is -2.14. The molecule has 0 aliphatic heterocycles. The van der Waals surface area contributed by atoms with E-state index in [1.54, 1.807) is 31.2 Å². The summed E-state index contributed by atoms with van der Waals surface area (Å²) in [5, 5.41) is 0. The van der Waals surface area contributed by atoms with Crippen LogP contribution in [0.1, 0.15) is 20.8 Å². The van der Waals surface area contributed by atoms with Crippen LogP contribution >= 0.6 is 0 Å². The highest BCUT2D eigenvalue weighted by Crippen LogP contribution is 2.32. The summed E-state index contributed by atoms with van der Waals surface area (Å²) >= 11 is 0. The van der Waals surface area contributed by atoms with E-state index in [1.807, 2.05) is 6.92 Å². The Kier molecular flexibility index (Phi) is 10.9. The summed E-state index contributed by atoms with van der Waals surface area (Å²) in [4.78, 5) is 23.3. The first-order valence-electron chi connectivity index (χ1n) is 11.2. The number of hydrogen-bond acceptors (Lipinski definition) is 7. The molecule has 0 saturated heterocycles. The highest BCUT2D eigenvalue weighted by molar-refractivity contribution is 5.89. The lowest BCUT2D eigenvalue weighted by Crippen LogP contribution is -2.12. The monoisotopic (exact) mass is 498 g/mol. The molecule has 0 atom stereocenters. The molecule has 0 heterocycles. The normalized spacial score (nSPS) is 10.3. The molecule has 2 aromatic rings. The molecular weight excluding hydrogens is 467 g/mol. The Morgan fingerprint density at radius 1 is 0.778 bits per heavy atom. The van der Waals surface area contributed by atoms with Gasteiger partial charge in [-0.1, -0.05) is 31.4 Å². The fourth-order valence-electron chi connectivity index (χ4n) is 2.74. The van der Waals surface area contributed by atoms with Crippen molar-refractivity contribution >= 4 is 11.9 Å². The van der Waals surface area contributed by atoms with Crippen molar-refractivity contribution in [3.63, 3.8) is 0 Å². The van der Waals surface area contributed by atoms with E-state index < -0.39 is 17.8 Å². The van der Waals surface area contributed by atoms with Gasteiger partial charge in [0.15, 0.2) is 11.6 Å². The fraction of sp³-hybridized carbons (Fsp3) is 0.286. The Hall–Kier alpha value is -3.91. The summed E-state index contributed by atoms with van der Waals surface area (Å²) in [5.74, 6) is -1.24. The first-order valence-corrected chi connectivity index (χ1v) is 11.2. The molecular formula is C28H31FO7. The van der Waals surface area contributed by atoms with Gasteiger partial charge in [-0.05, 0) is 56.2 Å². The van der Waals surface area contributed by atoms with Crippen LogP contribution in [0.5, 0.6) is 17.2 Å². The van der Waals surface area contributed by atoms with Crippen molar-refractivity contribution in [2.45, 2.75) is 20.8 Å². The summed E-state index contributed by atoms with van der Waals surface area (Å²) in [6, 6.07) is 9.30. The van der Waals surface area contributed by atoms with E-state index in [-0.39, 0.29) is 31.1 Å². The van der Waals surface area contributed by atoms with Crippen molar-refractivity contribution in [3.8, 4) is 28.4 Å². The molecule has 0 radical (unpaired) electrons. The molecule has 0 N–H and O–H groups in total. The van der Waals surface area contributed by atoms with E-state index in [1.165, 1.54) is 19.1 Å². The van der Waals surface area contributed by atoms with Crippen molar-refractivity contribution in [1.82, 2.24) is 0 Å². The summed E-state index contributed by atoms with van der Waals surface area (Å²) in [6.45, 7) is 16.9. The second-order valence-corrected chi connectivity index (χ2v) is 8.13.